The first-order valence-corrected chi connectivity index (χ1v) is 8.89. The molecule has 1 aliphatic carbocycles. The molecule has 0 aromatic heterocycles. The van der Waals surface area contributed by atoms with Crippen LogP contribution in [0.5, 0.6) is 5.75 Å². The predicted molar refractivity (Wildman–Crippen MR) is 93.2 cm³/mol. The summed E-state index contributed by atoms with van der Waals surface area (Å²) in [6.07, 6.45) is 3.22. The zero-order chi connectivity index (χ0) is 17.0. The molecular weight excluding hydrogens is 335 g/mol. The molecule has 0 spiro atoms. The second-order valence-corrected chi connectivity index (χ2v) is 7.56. The Morgan fingerprint density at radius 1 is 1.30 bits per heavy atom. The van der Waals surface area contributed by atoms with E-state index in [1.165, 1.54) is 6.42 Å². The van der Waals surface area contributed by atoms with Crippen molar-refractivity contribution < 1.29 is 14.3 Å². The summed E-state index contributed by atoms with van der Waals surface area (Å²) in [5.74, 6) is 1.61. The molecule has 1 aromatic carbocycles. The normalized spacial score (nSPS) is 24.5. The molecule has 0 bridgehead atoms. The molecule has 0 heterocycles. The third-order valence-corrected chi connectivity index (χ3v) is 5.01. The van der Waals surface area contributed by atoms with E-state index in [1.54, 1.807) is 18.2 Å². The minimum atomic E-state index is -0.347. The smallest absolute Gasteiger partial charge is 0.344 e. The van der Waals surface area contributed by atoms with Crippen LogP contribution in [-0.2, 0) is 9.53 Å². The number of carbonyl (C=O) groups excluding carboxylic acids is 1. The Kier molecular flexibility index (Phi) is 6.60. The Balaban J connectivity index is 1.90. The minimum Gasteiger partial charge on any atom is -0.480 e. The standard InChI is InChI=1S/C18H24Cl2O3/c1-11(2)14-6-4-12(3)8-17(14)23-18(21)10-22-16-7-5-13(19)9-15(16)20/h5,7,9,11-12,14,17H,4,6,8,10H2,1-3H3. The summed E-state index contributed by atoms with van der Waals surface area (Å²) < 4.78 is 11.1. The molecule has 128 valence electrons. The minimum absolute atomic E-state index is 0.0180. The molecular formula is C18H24Cl2O3. The molecule has 3 unspecified atom stereocenters. The van der Waals surface area contributed by atoms with Crippen molar-refractivity contribution in [1.82, 2.24) is 0 Å². The van der Waals surface area contributed by atoms with Crippen LogP contribution in [0.15, 0.2) is 18.2 Å². The van der Waals surface area contributed by atoms with Crippen molar-refractivity contribution in [3.63, 3.8) is 0 Å². The predicted octanol–water partition coefficient (Wildman–Crippen LogP) is 5.38. The van der Waals surface area contributed by atoms with Crippen molar-refractivity contribution >= 4 is 29.2 Å². The molecule has 3 atom stereocenters. The van der Waals surface area contributed by atoms with Gasteiger partial charge in [0, 0.05) is 5.02 Å². The van der Waals surface area contributed by atoms with Gasteiger partial charge in [-0.25, -0.2) is 4.79 Å². The number of hydrogen-bond donors (Lipinski definition) is 0. The van der Waals surface area contributed by atoms with Gasteiger partial charge in [0.15, 0.2) is 6.61 Å². The van der Waals surface area contributed by atoms with Gasteiger partial charge in [0.2, 0.25) is 0 Å². The molecule has 0 saturated heterocycles. The third-order valence-electron chi connectivity index (χ3n) is 4.48. The lowest BCUT2D eigenvalue weighted by Gasteiger charge is -2.36. The monoisotopic (exact) mass is 358 g/mol. The average Bonchev–Trinajstić information content (AvgIpc) is 2.46. The quantitative estimate of drug-likeness (QED) is 0.663. The van der Waals surface area contributed by atoms with Gasteiger partial charge in [-0.05, 0) is 48.8 Å². The maximum atomic E-state index is 12.1. The third kappa shape index (κ3) is 5.29. The number of ether oxygens (including phenoxy) is 2. The summed E-state index contributed by atoms with van der Waals surface area (Å²) >= 11 is 11.9. The summed E-state index contributed by atoms with van der Waals surface area (Å²) in [6, 6.07) is 4.91. The fraction of sp³-hybridized carbons (Fsp3) is 0.611. The zero-order valence-corrected chi connectivity index (χ0v) is 15.4. The highest BCUT2D eigenvalue weighted by molar-refractivity contribution is 6.35. The molecule has 1 fully saturated rings. The van der Waals surface area contributed by atoms with Gasteiger partial charge in [0.05, 0.1) is 5.02 Å². The second kappa shape index (κ2) is 8.25. The molecule has 2 rings (SSSR count). The summed E-state index contributed by atoms with van der Waals surface area (Å²) in [7, 11) is 0. The van der Waals surface area contributed by atoms with Gasteiger partial charge in [0.25, 0.3) is 0 Å². The first-order valence-electron chi connectivity index (χ1n) is 8.14. The van der Waals surface area contributed by atoms with E-state index in [0.29, 0.717) is 33.5 Å². The van der Waals surface area contributed by atoms with E-state index < -0.39 is 0 Å². The van der Waals surface area contributed by atoms with Gasteiger partial charge in [-0.15, -0.1) is 0 Å². The molecule has 0 radical (unpaired) electrons. The lowest BCUT2D eigenvalue weighted by atomic mass is 9.75. The molecule has 0 amide bonds. The van der Waals surface area contributed by atoms with Crippen LogP contribution in [0.2, 0.25) is 10.0 Å². The van der Waals surface area contributed by atoms with Crippen LogP contribution in [0.4, 0.5) is 0 Å². The van der Waals surface area contributed by atoms with Crippen LogP contribution in [0.25, 0.3) is 0 Å². The van der Waals surface area contributed by atoms with E-state index in [9.17, 15) is 4.79 Å². The van der Waals surface area contributed by atoms with Crippen molar-refractivity contribution in [2.24, 2.45) is 17.8 Å². The number of hydrogen-bond acceptors (Lipinski definition) is 3. The van der Waals surface area contributed by atoms with Crippen molar-refractivity contribution in [2.75, 3.05) is 6.61 Å². The maximum absolute atomic E-state index is 12.1. The highest BCUT2D eigenvalue weighted by Gasteiger charge is 2.33. The molecule has 5 heteroatoms. The van der Waals surface area contributed by atoms with Crippen molar-refractivity contribution in [1.29, 1.82) is 0 Å². The van der Waals surface area contributed by atoms with Gasteiger partial charge in [-0.2, -0.15) is 0 Å². The topological polar surface area (TPSA) is 35.5 Å². The number of halogens is 2. The van der Waals surface area contributed by atoms with E-state index in [4.69, 9.17) is 32.7 Å². The molecule has 1 saturated carbocycles. The molecule has 0 N–H and O–H groups in total. The fourth-order valence-corrected chi connectivity index (χ4v) is 3.65. The van der Waals surface area contributed by atoms with Gasteiger partial charge in [0.1, 0.15) is 11.9 Å². The Hall–Kier alpha value is -0.930. The Morgan fingerprint density at radius 3 is 2.70 bits per heavy atom. The SMILES string of the molecule is CC1CCC(C(C)C)C(OC(=O)COc2ccc(Cl)cc2Cl)C1. The number of carbonyl (C=O) groups is 1. The van der Waals surface area contributed by atoms with E-state index in [1.807, 2.05) is 0 Å². The van der Waals surface area contributed by atoms with Gasteiger partial charge in [-0.1, -0.05) is 50.4 Å². The highest BCUT2D eigenvalue weighted by Crippen LogP contribution is 2.35. The fourth-order valence-electron chi connectivity index (χ4n) is 3.18. The van der Waals surface area contributed by atoms with Gasteiger partial charge in [-0.3, -0.25) is 0 Å². The first-order chi connectivity index (χ1) is 10.9. The van der Waals surface area contributed by atoms with E-state index >= 15 is 0 Å². The number of esters is 1. The van der Waals surface area contributed by atoms with Crippen molar-refractivity contribution in [3.05, 3.63) is 28.2 Å². The Labute approximate surface area is 148 Å². The van der Waals surface area contributed by atoms with Crippen LogP contribution in [0, 0.1) is 17.8 Å². The van der Waals surface area contributed by atoms with E-state index in [-0.39, 0.29) is 18.7 Å². The number of benzene rings is 1. The molecule has 1 aromatic rings. The van der Waals surface area contributed by atoms with Gasteiger partial charge >= 0.3 is 5.97 Å². The van der Waals surface area contributed by atoms with Crippen LogP contribution in [0.3, 0.4) is 0 Å². The average molecular weight is 359 g/mol. The molecule has 23 heavy (non-hydrogen) atoms. The van der Waals surface area contributed by atoms with E-state index in [0.717, 1.165) is 12.8 Å². The number of rotatable bonds is 5. The van der Waals surface area contributed by atoms with Crippen LogP contribution >= 0.6 is 23.2 Å². The van der Waals surface area contributed by atoms with Gasteiger partial charge < -0.3 is 9.47 Å². The largest absolute Gasteiger partial charge is 0.480 e. The zero-order valence-electron chi connectivity index (χ0n) is 13.9. The lowest BCUT2D eigenvalue weighted by Crippen LogP contribution is -2.36. The lowest BCUT2D eigenvalue weighted by molar-refractivity contribution is -0.158. The van der Waals surface area contributed by atoms with Crippen LogP contribution in [-0.4, -0.2) is 18.7 Å². The highest BCUT2D eigenvalue weighted by atomic mass is 35.5. The summed E-state index contributed by atoms with van der Waals surface area (Å²) in [6.45, 7) is 6.44. The summed E-state index contributed by atoms with van der Waals surface area (Å²) in [4.78, 5) is 12.1. The molecule has 3 nitrogen and oxygen atoms in total. The Morgan fingerprint density at radius 2 is 2.04 bits per heavy atom. The first kappa shape index (κ1) is 18.4. The van der Waals surface area contributed by atoms with Crippen LogP contribution in [0.1, 0.15) is 40.0 Å². The van der Waals surface area contributed by atoms with E-state index in [2.05, 4.69) is 20.8 Å². The van der Waals surface area contributed by atoms with Crippen molar-refractivity contribution in [2.45, 2.75) is 46.1 Å². The summed E-state index contributed by atoms with van der Waals surface area (Å²) in [5.41, 5.74) is 0. The second-order valence-electron chi connectivity index (χ2n) is 6.72. The van der Waals surface area contributed by atoms with Crippen molar-refractivity contribution in [3.8, 4) is 5.75 Å². The molecule has 1 aliphatic rings. The Bertz CT molecular complexity index is 545. The maximum Gasteiger partial charge on any atom is 0.344 e. The summed E-state index contributed by atoms with van der Waals surface area (Å²) in [5, 5.41) is 0.914. The van der Waals surface area contributed by atoms with Crippen LogP contribution < -0.4 is 4.74 Å². The molecule has 0 aliphatic heterocycles.